The molecule has 3 heterocycles. The molecule has 4 rings (SSSR count). The third kappa shape index (κ3) is 3.57. The summed E-state index contributed by atoms with van der Waals surface area (Å²) >= 11 is 0. The minimum absolute atomic E-state index is 0.383. The van der Waals surface area contributed by atoms with Gasteiger partial charge in [0.15, 0.2) is 0 Å². The molecule has 0 bridgehead atoms. The number of aryl methyl sites for hydroxylation is 1. The van der Waals surface area contributed by atoms with Crippen LogP contribution < -0.4 is 5.32 Å². The molecule has 1 N–H and O–H groups in total. The number of pyridine rings is 1. The molecule has 0 radical (unpaired) electrons. The zero-order valence-corrected chi connectivity index (χ0v) is 15.3. The van der Waals surface area contributed by atoms with Gasteiger partial charge in [0.2, 0.25) is 0 Å². The molecule has 140 valence electrons. The Morgan fingerprint density at radius 3 is 2.61 bits per heavy atom. The van der Waals surface area contributed by atoms with Crippen molar-refractivity contribution in [1.82, 2.24) is 19.3 Å². The van der Waals surface area contributed by atoms with Gasteiger partial charge in [-0.15, -0.1) is 0 Å². The van der Waals surface area contributed by atoms with Crippen LogP contribution in [0.25, 0.3) is 16.6 Å². The molecule has 4 aromatic rings. The van der Waals surface area contributed by atoms with Crippen LogP contribution in [0.2, 0.25) is 0 Å². The highest BCUT2D eigenvalue weighted by atomic mass is 16.2. The first-order valence-corrected chi connectivity index (χ1v) is 9.18. The van der Waals surface area contributed by atoms with Gasteiger partial charge in [0.25, 0.3) is 11.7 Å². The standard InChI is InChI=1S/C22H20N4O2/c27-21(22(28)24-10-6-12-25-14-11-23-16-25)20-19(17-7-2-1-3-8-17)15-18-9-4-5-13-26(18)20/h1-5,7-9,11,13-16H,6,10,12H2,(H,24,28). The van der Waals surface area contributed by atoms with E-state index in [0.29, 0.717) is 12.2 Å². The Bertz CT molecular complexity index is 1100. The summed E-state index contributed by atoms with van der Waals surface area (Å²) in [5.74, 6) is -1.13. The molecule has 0 aliphatic carbocycles. The molecule has 1 amide bonds. The Labute approximate surface area is 162 Å². The normalized spacial score (nSPS) is 10.9. The Kier molecular flexibility index (Phi) is 5.01. The second-order valence-electron chi connectivity index (χ2n) is 6.51. The van der Waals surface area contributed by atoms with Crippen molar-refractivity contribution >= 4 is 17.2 Å². The van der Waals surface area contributed by atoms with Crippen molar-refractivity contribution in [2.24, 2.45) is 0 Å². The largest absolute Gasteiger partial charge is 0.349 e. The predicted octanol–water partition coefficient (Wildman–Crippen LogP) is 3.19. The molecule has 0 saturated heterocycles. The smallest absolute Gasteiger partial charge is 0.294 e. The van der Waals surface area contributed by atoms with Gasteiger partial charge in [-0.2, -0.15) is 0 Å². The van der Waals surface area contributed by atoms with Gasteiger partial charge in [0, 0.05) is 42.8 Å². The molecule has 0 unspecified atom stereocenters. The molecule has 0 aliphatic heterocycles. The van der Waals surface area contributed by atoms with Gasteiger partial charge >= 0.3 is 0 Å². The summed E-state index contributed by atoms with van der Waals surface area (Å²) in [4.78, 5) is 29.5. The number of amides is 1. The lowest BCUT2D eigenvalue weighted by atomic mass is 10.0. The Balaban J connectivity index is 1.55. The average molecular weight is 372 g/mol. The fourth-order valence-corrected chi connectivity index (χ4v) is 3.26. The number of ketones is 1. The van der Waals surface area contributed by atoms with Gasteiger partial charge in [-0.05, 0) is 30.2 Å². The number of nitrogens with zero attached hydrogens (tertiary/aromatic N) is 3. The van der Waals surface area contributed by atoms with E-state index in [0.717, 1.165) is 29.6 Å². The number of imidazole rings is 1. The molecule has 6 heteroatoms. The van der Waals surface area contributed by atoms with E-state index in [-0.39, 0.29) is 0 Å². The fraction of sp³-hybridized carbons (Fsp3) is 0.136. The third-order valence-corrected chi connectivity index (χ3v) is 4.62. The molecule has 0 spiro atoms. The van der Waals surface area contributed by atoms with E-state index < -0.39 is 11.7 Å². The maximum Gasteiger partial charge on any atom is 0.294 e. The molecular weight excluding hydrogens is 352 g/mol. The van der Waals surface area contributed by atoms with Crippen LogP contribution in [0.15, 0.2) is 79.5 Å². The first-order chi connectivity index (χ1) is 13.7. The summed E-state index contributed by atoms with van der Waals surface area (Å²) in [5.41, 5.74) is 2.92. The quantitative estimate of drug-likeness (QED) is 0.308. The summed E-state index contributed by atoms with van der Waals surface area (Å²) in [6.45, 7) is 1.16. The number of aromatic nitrogens is 3. The zero-order valence-electron chi connectivity index (χ0n) is 15.3. The minimum atomic E-state index is -0.591. The van der Waals surface area contributed by atoms with E-state index in [4.69, 9.17) is 0 Å². The van der Waals surface area contributed by atoms with Crippen LogP contribution >= 0.6 is 0 Å². The summed E-state index contributed by atoms with van der Waals surface area (Å²) < 4.78 is 3.71. The van der Waals surface area contributed by atoms with Crippen LogP contribution in [0.3, 0.4) is 0 Å². The van der Waals surface area contributed by atoms with Crippen LogP contribution in [0.5, 0.6) is 0 Å². The third-order valence-electron chi connectivity index (χ3n) is 4.62. The number of carbonyl (C=O) groups is 2. The van der Waals surface area contributed by atoms with Gasteiger partial charge in [0.05, 0.1) is 6.33 Å². The summed E-state index contributed by atoms with van der Waals surface area (Å²) in [5, 5.41) is 2.74. The first kappa shape index (κ1) is 17.7. The molecule has 0 aliphatic rings. The first-order valence-electron chi connectivity index (χ1n) is 9.18. The van der Waals surface area contributed by atoms with Crippen LogP contribution in [-0.4, -0.2) is 32.2 Å². The molecular formula is C22H20N4O2. The second kappa shape index (κ2) is 7.92. The van der Waals surface area contributed by atoms with Crippen molar-refractivity contribution < 1.29 is 9.59 Å². The molecule has 0 atom stereocenters. The van der Waals surface area contributed by atoms with Crippen LogP contribution in [0.1, 0.15) is 16.9 Å². The maximum atomic E-state index is 13.0. The van der Waals surface area contributed by atoms with Crippen LogP contribution in [0, 0.1) is 0 Å². The topological polar surface area (TPSA) is 68.4 Å². The molecule has 3 aromatic heterocycles. The second-order valence-corrected chi connectivity index (χ2v) is 6.51. The number of carbonyl (C=O) groups excluding carboxylic acids is 2. The van der Waals surface area contributed by atoms with Crippen molar-refractivity contribution in [3.8, 4) is 11.1 Å². The van der Waals surface area contributed by atoms with Crippen molar-refractivity contribution in [3.05, 3.63) is 85.2 Å². The number of hydrogen-bond acceptors (Lipinski definition) is 3. The fourth-order valence-electron chi connectivity index (χ4n) is 3.26. The maximum absolute atomic E-state index is 13.0. The number of Topliss-reactive ketones (excluding diaryl/α,β-unsaturated/α-hetero) is 1. The van der Waals surface area contributed by atoms with E-state index in [1.165, 1.54) is 0 Å². The summed E-state index contributed by atoms with van der Waals surface area (Å²) in [7, 11) is 0. The lowest BCUT2D eigenvalue weighted by Crippen LogP contribution is -2.33. The van der Waals surface area contributed by atoms with E-state index in [2.05, 4.69) is 10.3 Å². The van der Waals surface area contributed by atoms with E-state index in [1.54, 1.807) is 23.1 Å². The highest BCUT2D eigenvalue weighted by Gasteiger charge is 2.24. The summed E-state index contributed by atoms with van der Waals surface area (Å²) in [6, 6.07) is 17.3. The van der Waals surface area contributed by atoms with Gasteiger partial charge in [-0.1, -0.05) is 36.4 Å². The predicted molar refractivity (Wildman–Crippen MR) is 107 cm³/mol. The average Bonchev–Trinajstić information content (AvgIpc) is 3.39. The van der Waals surface area contributed by atoms with Crippen molar-refractivity contribution in [3.63, 3.8) is 0 Å². The SMILES string of the molecule is O=C(NCCCn1ccnc1)C(=O)c1c(-c2ccccc2)cc2ccccn12. The molecule has 0 fully saturated rings. The Morgan fingerprint density at radius 1 is 1.00 bits per heavy atom. The lowest BCUT2D eigenvalue weighted by Gasteiger charge is -2.08. The minimum Gasteiger partial charge on any atom is -0.349 e. The number of rotatable bonds is 7. The number of benzene rings is 1. The van der Waals surface area contributed by atoms with Crippen molar-refractivity contribution in [1.29, 1.82) is 0 Å². The molecule has 1 aromatic carbocycles. The Morgan fingerprint density at radius 2 is 1.82 bits per heavy atom. The monoisotopic (exact) mass is 372 g/mol. The van der Waals surface area contributed by atoms with Crippen molar-refractivity contribution in [2.45, 2.75) is 13.0 Å². The van der Waals surface area contributed by atoms with Crippen LogP contribution in [-0.2, 0) is 11.3 Å². The van der Waals surface area contributed by atoms with Gasteiger partial charge in [-0.25, -0.2) is 4.98 Å². The lowest BCUT2D eigenvalue weighted by molar-refractivity contribution is -0.117. The van der Waals surface area contributed by atoms with E-state index in [1.807, 2.05) is 65.4 Å². The van der Waals surface area contributed by atoms with E-state index >= 15 is 0 Å². The highest BCUT2D eigenvalue weighted by Crippen LogP contribution is 2.28. The number of hydrogen-bond donors (Lipinski definition) is 1. The van der Waals surface area contributed by atoms with E-state index in [9.17, 15) is 9.59 Å². The van der Waals surface area contributed by atoms with Gasteiger partial charge in [-0.3, -0.25) is 9.59 Å². The van der Waals surface area contributed by atoms with Crippen molar-refractivity contribution in [2.75, 3.05) is 6.54 Å². The molecule has 28 heavy (non-hydrogen) atoms. The Hall–Kier alpha value is -3.67. The van der Waals surface area contributed by atoms with Gasteiger partial charge in [0.1, 0.15) is 5.69 Å². The number of fused-ring (bicyclic) bond motifs is 1. The van der Waals surface area contributed by atoms with Crippen LogP contribution in [0.4, 0.5) is 0 Å². The summed E-state index contributed by atoms with van der Waals surface area (Å²) in [6.07, 6.45) is 7.83. The molecule has 6 nitrogen and oxygen atoms in total. The highest BCUT2D eigenvalue weighted by molar-refractivity contribution is 6.43. The number of nitrogens with one attached hydrogen (secondary N) is 1. The van der Waals surface area contributed by atoms with Gasteiger partial charge < -0.3 is 14.3 Å². The zero-order chi connectivity index (χ0) is 19.3. The molecule has 0 saturated carbocycles.